The summed E-state index contributed by atoms with van der Waals surface area (Å²) in [6, 6.07) is 1.73. The van der Waals surface area contributed by atoms with Crippen LogP contribution in [0.1, 0.15) is 55.4 Å². The molecule has 2 aliphatic rings. The van der Waals surface area contributed by atoms with Crippen molar-refractivity contribution in [1.29, 1.82) is 0 Å². The third kappa shape index (κ3) is 3.31. The van der Waals surface area contributed by atoms with Crippen molar-refractivity contribution in [3.05, 3.63) is 0 Å². The lowest BCUT2D eigenvalue weighted by atomic mass is 10.1. The summed E-state index contributed by atoms with van der Waals surface area (Å²) in [5, 5.41) is 0. The second-order valence-electron chi connectivity index (χ2n) is 8.02. The highest BCUT2D eigenvalue weighted by atomic mass is 15.4. The lowest BCUT2D eigenvalue weighted by Gasteiger charge is -2.31. The van der Waals surface area contributed by atoms with Crippen molar-refractivity contribution in [1.82, 2.24) is 9.80 Å². The van der Waals surface area contributed by atoms with Crippen molar-refractivity contribution in [3.63, 3.8) is 0 Å². The normalized spacial score (nSPS) is 26.0. The summed E-state index contributed by atoms with van der Waals surface area (Å²) in [4.78, 5) is 15.0. The van der Waals surface area contributed by atoms with Crippen LogP contribution in [-0.4, -0.2) is 58.7 Å². The van der Waals surface area contributed by atoms with Crippen LogP contribution in [0.2, 0.25) is 0 Å². The number of rotatable bonds is 5. The molecule has 126 valence electrons. The number of amidine groups is 2. The fourth-order valence-corrected chi connectivity index (χ4v) is 3.12. The van der Waals surface area contributed by atoms with E-state index in [2.05, 4.69) is 65.2 Å². The highest BCUT2D eigenvalue weighted by molar-refractivity contribution is 6.41. The number of aliphatic imine (C=N–C) groups is 2. The van der Waals surface area contributed by atoms with Crippen molar-refractivity contribution >= 4 is 11.7 Å². The van der Waals surface area contributed by atoms with Gasteiger partial charge in [-0.3, -0.25) is 9.98 Å². The van der Waals surface area contributed by atoms with Crippen molar-refractivity contribution in [2.24, 2.45) is 21.8 Å². The molecule has 2 heterocycles. The molecule has 0 saturated heterocycles. The summed E-state index contributed by atoms with van der Waals surface area (Å²) in [6.45, 7) is 20.2. The van der Waals surface area contributed by atoms with E-state index in [0.29, 0.717) is 36.0 Å². The third-order valence-electron chi connectivity index (χ3n) is 4.87. The average Bonchev–Trinajstić information content (AvgIpc) is 3.02. The highest BCUT2D eigenvalue weighted by Gasteiger charge is 2.38. The van der Waals surface area contributed by atoms with E-state index in [1.807, 2.05) is 0 Å². The zero-order valence-electron chi connectivity index (χ0n) is 15.7. The Balaban J connectivity index is 2.36. The average molecular weight is 306 g/mol. The van der Waals surface area contributed by atoms with Gasteiger partial charge in [0.25, 0.3) is 0 Å². The molecule has 0 bridgehead atoms. The minimum atomic E-state index is 0.396. The molecule has 2 unspecified atom stereocenters. The van der Waals surface area contributed by atoms with Gasteiger partial charge in [0.2, 0.25) is 0 Å². The van der Waals surface area contributed by atoms with Crippen LogP contribution in [0.5, 0.6) is 0 Å². The Morgan fingerprint density at radius 2 is 1.00 bits per heavy atom. The van der Waals surface area contributed by atoms with Crippen molar-refractivity contribution in [2.75, 3.05) is 13.1 Å². The van der Waals surface area contributed by atoms with Gasteiger partial charge in [-0.25, -0.2) is 0 Å². The largest absolute Gasteiger partial charge is 0.349 e. The molecule has 0 aromatic rings. The van der Waals surface area contributed by atoms with Gasteiger partial charge in [-0.2, -0.15) is 0 Å². The van der Waals surface area contributed by atoms with Crippen LogP contribution in [0.25, 0.3) is 0 Å². The molecular weight excluding hydrogens is 272 g/mol. The van der Waals surface area contributed by atoms with Gasteiger partial charge in [-0.15, -0.1) is 0 Å². The third-order valence-corrected chi connectivity index (χ3v) is 4.87. The maximum absolute atomic E-state index is 5.07. The molecular formula is C18H34N4. The minimum Gasteiger partial charge on any atom is -0.349 e. The van der Waals surface area contributed by atoms with E-state index in [1.165, 1.54) is 0 Å². The molecule has 0 aliphatic carbocycles. The summed E-state index contributed by atoms with van der Waals surface area (Å²) < 4.78 is 0. The smallest absolute Gasteiger partial charge is 0.167 e. The van der Waals surface area contributed by atoms with E-state index in [4.69, 9.17) is 9.98 Å². The summed E-state index contributed by atoms with van der Waals surface area (Å²) in [7, 11) is 0. The van der Waals surface area contributed by atoms with Crippen LogP contribution in [-0.2, 0) is 0 Å². The van der Waals surface area contributed by atoms with Gasteiger partial charge in [-0.1, -0.05) is 27.7 Å². The van der Waals surface area contributed by atoms with Crippen LogP contribution < -0.4 is 0 Å². The second-order valence-corrected chi connectivity index (χ2v) is 8.02. The van der Waals surface area contributed by atoms with Crippen LogP contribution >= 0.6 is 0 Å². The summed E-state index contributed by atoms with van der Waals surface area (Å²) in [5.74, 6) is 3.42. The lowest BCUT2D eigenvalue weighted by Crippen LogP contribution is -2.47. The van der Waals surface area contributed by atoms with Gasteiger partial charge in [0.1, 0.15) is 0 Å². The first-order chi connectivity index (χ1) is 10.2. The first-order valence-electron chi connectivity index (χ1n) is 8.91. The fraction of sp³-hybridized carbons (Fsp3) is 0.889. The lowest BCUT2D eigenvalue weighted by molar-refractivity contribution is 0.321. The maximum Gasteiger partial charge on any atom is 0.167 e. The molecule has 0 N–H and O–H groups in total. The Labute approximate surface area is 136 Å². The standard InChI is InChI=1S/C18H34N4/c1-11(2)15-9-21(13(5)6)17(19-15)18-20-16(12(3)4)10-22(18)14(7)8/h11-16H,9-10H2,1-8H3. The highest BCUT2D eigenvalue weighted by Crippen LogP contribution is 2.25. The van der Waals surface area contributed by atoms with Gasteiger partial charge in [-0.05, 0) is 39.5 Å². The van der Waals surface area contributed by atoms with Crippen molar-refractivity contribution < 1.29 is 0 Å². The summed E-state index contributed by atoms with van der Waals surface area (Å²) in [6.07, 6.45) is 0. The van der Waals surface area contributed by atoms with E-state index in [9.17, 15) is 0 Å². The van der Waals surface area contributed by atoms with Crippen LogP contribution in [0, 0.1) is 11.8 Å². The predicted octanol–water partition coefficient (Wildman–Crippen LogP) is 3.28. The second kappa shape index (κ2) is 6.59. The maximum atomic E-state index is 5.07. The molecule has 22 heavy (non-hydrogen) atoms. The zero-order chi connectivity index (χ0) is 16.6. The Kier molecular flexibility index (Phi) is 5.18. The van der Waals surface area contributed by atoms with Crippen LogP contribution in [0.15, 0.2) is 9.98 Å². The molecule has 0 aromatic heterocycles. The summed E-state index contributed by atoms with van der Waals surface area (Å²) in [5.41, 5.74) is 0. The van der Waals surface area contributed by atoms with Gasteiger partial charge < -0.3 is 9.80 Å². The molecule has 0 spiro atoms. The fourth-order valence-electron chi connectivity index (χ4n) is 3.12. The first kappa shape index (κ1) is 17.3. The molecule has 0 aromatic carbocycles. The van der Waals surface area contributed by atoms with E-state index in [0.717, 1.165) is 24.8 Å². The first-order valence-corrected chi connectivity index (χ1v) is 8.91. The van der Waals surface area contributed by atoms with E-state index >= 15 is 0 Å². The molecule has 0 radical (unpaired) electrons. The Morgan fingerprint density at radius 1 is 0.682 bits per heavy atom. The van der Waals surface area contributed by atoms with Gasteiger partial charge in [0, 0.05) is 25.2 Å². The number of hydrogen-bond acceptors (Lipinski definition) is 4. The monoisotopic (exact) mass is 306 g/mol. The molecule has 2 atom stereocenters. The Morgan fingerprint density at radius 3 is 1.23 bits per heavy atom. The SMILES string of the molecule is CC(C)C1CN(C(C)C)C(C2=NC(C(C)C)CN2C(C)C)=N1. The topological polar surface area (TPSA) is 31.2 Å². The van der Waals surface area contributed by atoms with E-state index < -0.39 is 0 Å². The molecule has 2 aliphatic heterocycles. The quantitative estimate of drug-likeness (QED) is 0.780. The van der Waals surface area contributed by atoms with Crippen LogP contribution in [0.3, 0.4) is 0 Å². The zero-order valence-corrected chi connectivity index (χ0v) is 15.7. The van der Waals surface area contributed by atoms with Crippen LogP contribution in [0.4, 0.5) is 0 Å². The summed E-state index contributed by atoms with van der Waals surface area (Å²) >= 11 is 0. The molecule has 0 fully saturated rings. The van der Waals surface area contributed by atoms with E-state index in [1.54, 1.807) is 0 Å². The molecule has 0 amide bonds. The molecule has 2 rings (SSSR count). The van der Waals surface area contributed by atoms with Crippen molar-refractivity contribution in [3.8, 4) is 0 Å². The molecule has 0 saturated carbocycles. The van der Waals surface area contributed by atoms with Gasteiger partial charge >= 0.3 is 0 Å². The van der Waals surface area contributed by atoms with Gasteiger partial charge in [0.05, 0.1) is 12.1 Å². The van der Waals surface area contributed by atoms with Gasteiger partial charge in [0.15, 0.2) is 11.7 Å². The molecule has 4 heteroatoms. The predicted molar refractivity (Wildman–Crippen MR) is 95.8 cm³/mol. The Bertz CT molecular complexity index is 406. The van der Waals surface area contributed by atoms with Crippen molar-refractivity contribution in [2.45, 2.75) is 79.6 Å². The number of nitrogens with zero attached hydrogens (tertiary/aromatic N) is 4. The Hall–Kier alpha value is -1.06. The number of hydrogen-bond donors (Lipinski definition) is 0. The van der Waals surface area contributed by atoms with E-state index in [-0.39, 0.29) is 0 Å². The minimum absolute atomic E-state index is 0.396. The molecule has 4 nitrogen and oxygen atoms in total.